The van der Waals surface area contributed by atoms with E-state index in [-0.39, 0.29) is 0 Å². The smallest absolute Gasteiger partial charge is 0.344 e. The van der Waals surface area contributed by atoms with Crippen LogP contribution >= 0.6 is 31.9 Å². The zero-order valence-corrected chi connectivity index (χ0v) is 20.9. The van der Waals surface area contributed by atoms with Crippen molar-refractivity contribution < 1.29 is 8.83 Å². The normalized spacial score (nSPS) is 11.3. The molecule has 0 aliphatic heterocycles. The number of fused-ring (bicyclic) bond motifs is 2. The molecule has 7 heteroatoms. The molecule has 0 aliphatic carbocycles. The van der Waals surface area contributed by atoms with Crippen LogP contribution in [-0.2, 0) is 0 Å². The minimum absolute atomic E-state index is 0.321. The van der Waals surface area contributed by atoms with Gasteiger partial charge in [-0.15, -0.1) is 0 Å². The van der Waals surface area contributed by atoms with Crippen LogP contribution in [0.2, 0.25) is 0 Å². The molecule has 0 amide bonds. The van der Waals surface area contributed by atoms with E-state index in [2.05, 4.69) is 31.9 Å². The van der Waals surface area contributed by atoms with E-state index >= 15 is 0 Å². The van der Waals surface area contributed by atoms with Gasteiger partial charge in [0.15, 0.2) is 5.58 Å². The first-order valence-corrected chi connectivity index (χ1v) is 11.7. The summed E-state index contributed by atoms with van der Waals surface area (Å²) in [5, 5.41) is 1.47. The Morgan fingerprint density at radius 1 is 0.758 bits per heavy atom. The minimum atomic E-state index is -0.513. The summed E-state index contributed by atoms with van der Waals surface area (Å²) < 4.78 is 12.7. The molecule has 3 aromatic carbocycles. The Hall–Kier alpha value is -3.16. The molecule has 0 bridgehead atoms. The van der Waals surface area contributed by atoms with Crippen molar-refractivity contribution in [3.05, 3.63) is 96.5 Å². The van der Waals surface area contributed by atoms with Crippen molar-refractivity contribution in [2.45, 2.75) is 0 Å². The molecule has 5 aromatic rings. The fourth-order valence-electron chi connectivity index (χ4n) is 3.92. The van der Waals surface area contributed by atoms with Gasteiger partial charge in [0.25, 0.3) is 0 Å². The fourth-order valence-corrected chi connectivity index (χ4v) is 5.26. The van der Waals surface area contributed by atoms with Crippen LogP contribution in [0, 0.1) is 0 Å². The van der Waals surface area contributed by atoms with Gasteiger partial charge in [-0.2, -0.15) is 0 Å². The molecule has 0 N–H and O–H groups in total. The highest BCUT2D eigenvalue weighted by atomic mass is 79.9. The van der Waals surface area contributed by atoms with Crippen molar-refractivity contribution in [2.24, 2.45) is 0 Å². The second kappa shape index (κ2) is 8.32. The summed E-state index contributed by atoms with van der Waals surface area (Å²) in [5.74, 6) is 0. The molecule has 0 saturated heterocycles. The number of para-hydroxylation sites is 1. The average molecular weight is 567 g/mol. The quantitative estimate of drug-likeness (QED) is 0.224. The highest BCUT2D eigenvalue weighted by molar-refractivity contribution is 9.11. The van der Waals surface area contributed by atoms with Crippen molar-refractivity contribution in [3.8, 4) is 22.3 Å². The molecular formula is C26H17Br2NO4. The van der Waals surface area contributed by atoms with Crippen LogP contribution in [0.3, 0.4) is 0 Å². The van der Waals surface area contributed by atoms with Crippen LogP contribution in [0.4, 0.5) is 5.69 Å². The fraction of sp³-hybridized carbons (Fsp3) is 0.0769. The third-order valence-electron chi connectivity index (χ3n) is 5.51. The van der Waals surface area contributed by atoms with Gasteiger partial charge in [-0.25, -0.2) is 9.59 Å². The lowest BCUT2D eigenvalue weighted by molar-refractivity contribution is 0.555. The van der Waals surface area contributed by atoms with Gasteiger partial charge in [0.1, 0.15) is 5.58 Å². The molecule has 5 rings (SSSR count). The Balaban J connectivity index is 1.77. The molecule has 0 aliphatic rings. The Bertz CT molecular complexity index is 1650. The topological polar surface area (TPSA) is 63.7 Å². The van der Waals surface area contributed by atoms with Gasteiger partial charge in [0.05, 0.1) is 10.0 Å². The zero-order valence-electron chi connectivity index (χ0n) is 17.7. The van der Waals surface area contributed by atoms with E-state index in [1.807, 2.05) is 67.5 Å². The van der Waals surface area contributed by atoms with Crippen molar-refractivity contribution in [1.29, 1.82) is 0 Å². The Morgan fingerprint density at radius 2 is 1.52 bits per heavy atom. The summed E-state index contributed by atoms with van der Waals surface area (Å²) in [6.45, 7) is 0. The van der Waals surface area contributed by atoms with Crippen LogP contribution in [0.5, 0.6) is 0 Å². The largest absolute Gasteiger partial charge is 0.422 e. The highest BCUT2D eigenvalue weighted by Crippen LogP contribution is 2.35. The monoisotopic (exact) mass is 565 g/mol. The molecule has 2 aromatic heterocycles. The maximum Gasteiger partial charge on any atom is 0.344 e. The maximum atomic E-state index is 12.9. The number of hydrogen-bond acceptors (Lipinski definition) is 5. The molecule has 0 spiro atoms. The Labute approximate surface area is 205 Å². The number of halogens is 2. The predicted octanol–water partition coefficient (Wildman–Crippen LogP) is 6.82. The minimum Gasteiger partial charge on any atom is -0.422 e. The van der Waals surface area contributed by atoms with Crippen LogP contribution in [0.15, 0.2) is 94.1 Å². The van der Waals surface area contributed by atoms with Gasteiger partial charge < -0.3 is 13.7 Å². The first-order chi connectivity index (χ1) is 15.8. The van der Waals surface area contributed by atoms with E-state index in [1.54, 1.807) is 12.1 Å². The molecular weight excluding hydrogens is 550 g/mol. The van der Waals surface area contributed by atoms with Crippen LogP contribution in [-0.4, -0.2) is 14.1 Å². The average Bonchev–Trinajstić information content (AvgIpc) is 2.78. The SMILES string of the molecule is CN(C)c1ccc(-c2cc(=O)oc3c(-c4cc5cc(Br)cc(Br)c5oc4=O)cccc23)cc1. The summed E-state index contributed by atoms with van der Waals surface area (Å²) >= 11 is 6.90. The van der Waals surface area contributed by atoms with E-state index < -0.39 is 11.3 Å². The molecule has 0 fully saturated rings. The zero-order chi connectivity index (χ0) is 23.3. The van der Waals surface area contributed by atoms with Gasteiger partial charge in [0, 0.05) is 46.7 Å². The van der Waals surface area contributed by atoms with E-state index in [9.17, 15) is 9.59 Å². The molecule has 2 heterocycles. The first-order valence-electron chi connectivity index (χ1n) is 10.1. The molecule has 0 radical (unpaired) electrons. The van der Waals surface area contributed by atoms with Gasteiger partial charge in [0.2, 0.25) is 0 Å². The molecule has 0 atom stereocenters. The van der Waals surface area contributed by atoms with E-state index in [4.69, 9.17) is 8.83 Å². The van der Waals surface area contributed by atoms with Crippen molar-refractivity contribution in [2.75, 3.05) is 19.0 Å². The van der Waals surface area contributed by atoms with Crippen LogP contribution in [0.25, 0.3) is 44.2 Å². The molecule has 164 valence electrons. The lowest BCUT2D eigenvalue weighted by atomic mass is 9.97. The van der Waals surface area contributed by atoms with Crippen molar-refractivity contribution >= 4 is 59.5 Å². The summed E-state index contributed by atoms with van der Waals surface area (Å²) in [5.41, 5.74) is 3.30. The number of rotatable bonds is 3. The van der Waals surface area contributed by atoms with E-state index in [0.29, 0.717) is 26.8 Å². The Morgan fingerprint density at radius 3 is 2.24 bits per heavy atom. The first kappa shape index (κ1) is 21.7. The Kier molecular flexibility index (Phi) is 5.46. The summed E-state index contributed by atoms with van der Waals surface area (Å²) in [6, 6.07) is 20.3. The third-order valence-corrected chi connectivity index (χ3v) is 6.55. The van der Waals surface area contributed by atoms with Gasteiger partial charge in [-0.05, 0) is 57.4 Å². The van der Waals surface area contributed by atoms with Crippen LogP contribution in [0.1, 0.15) is 0 Å². The second-order valence-electron chi connectivity index (χ2n) is 7.86. The number of nitrogens with zero attached hydrogens (tertiary/aromatic N) is 1. The molecule has 0 unspecified atom stereocenters. The number of anilines is 1. The predicted molar refractivity (Wildman–Crippen MR) is 139 cm³/mol. The van der Waals surface area contributed by atoms with E-state index in [1.165, 1.54) is 6.07 Å². The molecule has 5 nitrogen and oxygen atoms in total. The number of hydrogen-bond donors (Lipinski definition) is 0. The van der Waals surface area contributed by atoms with Crippen molar-refractivity contribution in [1.82, 2.24) is 0 Å². The molecule has 33 heavy (non-hydrogen) atoms. The summed E-state index contributed by atoms with van der Waals surface area (Å²) in [4.78, 5) is 27.5. The lowest BCUT2D eigenvalue weighted by Gasteiger charge is -2.13. The molecule has 0 saturated carbocycles. The summed E-state index contributed by atoms with van der Waals surface area (Å²) in [6.07, 6.45) is 0. The highest BCUT2D eigenvalue weighted by Gasteiger charge is 2.17. The van der Waals surface area contributed by atoms with Gasteiger partial charge >= 0.3 is 11.3 Å². The van der Waals surface area contributed by atoms with Crippen molar-refractivity contribution in [3.63, 3.8) is 0 Å². The van der Waals surface area contributed by atoms with Gasteiger partial charge in [-0.1, -0.05) is 46.3 Å². The second-order valence-corrected chi connectivity index (χ2v) is 9.63. The third kappa shape index (κ3) is 3.92. The van der Waals surface area contributed by atoms with E-state index in [0.717, 1.165) is 32.1 Å². The standard InChI is InChI=1S/C26H17Br2NO4/c1-29(2)17-8-6-14(7-9-17)20-13-23(30)32-25-18(20)4-3-5-19(25)21-11-15-10-16(27)12-22(28)24(15)33-26(21)31/h3-13H,1-2H3. The number of benzene rings is 3. The lowest BCUT2D eigenvalue weighted by Crippen LogP contribution is -2.08. The van der Waals surface area contributed by atoms with Crippen LogP contribution < -0.4 is 16.2 Å². The maximum absolute atomic E-state index is 12.9. The summed E-state index contributed by atoms with van der Waals surface area (Å²) in [7, 11) is 3.94. The van der Waals surface area contributed by atoms with Gasteiger partial charge in [-0.3, -0.25) is 0 Å².